The fourth-order valence-corrected chi connectivity index (χ4v) is 5.00. The van der Waals surface area contributed by atoms with Crippen molar-refractivity contribution in [3.63, 3.8) is 0 Å². The molecule has 0 radical (unpaired) electrons. The van der Waals surface area contributed by atoms with Crippen LogP contribution >= 0.6 is 0 Å². The van der Waals surface area contributed by atoms with Gasteiger partial charge in [0, 0.05) is 11.6 Å². The number of hydrogen-bond acceptors (Lipinski definition) is 4. The van der Waals surface area contributed by atoms with Crippen LogP contribution in [0.15, 0.2) is 109 Å². The van der Waals surface area contributed by atoms with Gasteiger partial charge in [0.25, 0.3) is 0 Å². The first kappa shape index (κ1) is 19.6. The maximum Gasteiger partial charge on any atom is 0.226 e. The van der Waals surface area contributed by atoms with E-state index in [1.807, 2.05) is 16.8 Å². The second kappa shape index (κ2) is 8.10. The Labute approximate surface area is 193 Å². The largest absolute Gasteiger partial charge is 0.497 e. The van der Waals surface area contributed by atoms with Crippen LogP contribution in [-0.4, -0.2) is 21.9 Å². The first-order valence-corrected chi connectivity index (χ1v) is 11.2. The molecular weight excluding hydrogens is 408 g/mol. The summed E-state index contributed by atoms with van der Waals surface area (Å²) in [7, 11) is 1.70. The second-order valence-corrected chi connectivity index (χ2v) is 8.40. The molecule has 2 aliphatic rings. The van der Waals surface area contributed by atoms with Crippen LogP contribution in [0.1, 0.15) is 35.1 Å². The first-order valence-electron chi connectivity index (χ1n) is 11.2. The molecule has 0 amide bonds. The Hall–Kier alpha value is -4.12. The number of aromatic nitrogens is 3. The van der Waals surface area contributed by atoms with E-state index >= 15 is 0 Å². The van der Waals surface area contributed by atoms with Crippen molar-refractivity contribution in [3.8, 4) is 5.75 Å². The van der Waals surface area contributed by atoms with E-state index in [4.69, 9.17) is 4.74 Å². The van der Waals surface area contributed by atoms with Crippen LogP contribution in [0.25, 0.3) is 5.57 Å². The quantitative estimate of drug-likeness (QED) is 0.441. The molecule has 0 bridgehead atoms. The van der Waals surface area contributed by atoms with Crippen molar-refractivity contribution in [2.24, 2.45) is 0 Å². The molecule has 1 aliphatic carbocycles. The maximum absolute atomic E-state index is 5.42. The van der Waals surface area contributed by atoms with Gasteiger partial charge in [-0.3, -0.25) is 0 Å². The summed E-state index contributed by atoms with van der Waals surface area (Å²) in [6.45, 7) is 0. The van der Waals surface area contributed by atoms with Crippen LogP contribution in [0.4, 0.5) is 5.95 Å². The van der Waals surface area contributed by atoms with Gasteiger partial charge in [-0.25, -0.2) is 4.68 Å². The zero-order chi connectivity index (χ0) is 22.2. The van der Waals surface area contributed by atoms with Gasteiger partial charge in [0.1, 0.15) is 18.1 Å². The molecule has 6 rings (SSSR count). The fraction of sp³-hybridized carbons (Fsp3) is 0.143. The predicted molar refractivity (Wildman–Crippen MR) is 130 cm³/mol. The van der Waals surface area contributed by atoms with Gasteiger partial charge in [-0.1, -0.05) is 72.8 Å². The van der Waals surface area contributed by atoms with Crippen molar-refractivity contribution < 1.29 is 4.74 Å². The molecule has 4 aromatic rings. The smallest absolute Gasteiger partial charge is 0.226 e. The zero-order valence-corrected chi connectivity index (χ0v) is 18.3. The minimum absolute atomic E-state index is 0.0272. The lowest BCUT2D eigenvalue weighted by molar-refractivity contribution is 0.414. The molecule has 2 heterocycles. The maximum atomic E-state index is 5.42. The molecule has 5 nitrogen and oxygen atoms in total. The topological polar surface area (TPSA) is 52.0 Å². The summed E-state index contributed by atoms with van der Waals surface area (Å²) in [6, 6.07) is 29.6. The lowest BCUT2D eigenvalue weighted by Crippen LogP contribution is -2.30. The summed E-state index contributed by atoms with van der Waals surface area (Å²) < 4.78 is 7.43. The van der Waals surface area contributed by atoms with Gasteiger partial charge in [-0.15, -0.1) is 0 Å². The molecule has 1 aromatic heterocycles. The van der Waals surface area contributed by atoms with Crippen molar-refractivity contribution >= 4 is 11.5 Å². The lowest BCUT2D eigenvalue weighted by Gasteiger charge is -2.37. The normalized spacial score (nSPS) is 19.2. The summed E-state index contributed by atoms with van der Waals surface area (Å²) in [5.41, 5.74) is 7.43. The second-order valence-electron chi connectivity index (χ2n) is 8.40. The van der Waals surface area contributed by atoms with Gasteiger partial charge >= 0.3 is 0 Å². The third kappa shape index (κ3) is 3.42. The van der Waals surface area contributed by atoms with Crippen molar-refractivity contribution in [1.29, 1.82) is 0 Å². The number of rotatable bonds is 4. The number of anilines is 1. The minimum atomic E-state index is -0.0272. The van der Waals surface area contributed by atoms with Crippen molar-refractivity contribution in [1.82, 2.24) is 14.8 Å². The zero-order valence-electron chi connectivity index (χ0n) is 18.3. The summed E-state index contributed by atoms with van der Waals surface area (Å²) in [4.78, 5) is 4.50. The van der Waals surface area contributed by atoms with Crippen molar-refractivity contribution in [2.45, 2.75) is 18.4 Å². The Bertz CT molecular complexity index is 1340. The third-order valence-corrected chi connectivity index (χ3v) is 6.57. The van der Waals surface area contributed by atoms with E-state index in [0.717, 1.165) is 23.8 Å². The number of nitrogens with one attached hydrogen (secondary N) is 1. The molecule has 0 fully saturated rings. The van der Waals surface area contributed by atoms with E-state index in [-0.39, 0.29) is 12.0 Å². The third-order valence-electron chi connectivity index (χ3n) is 6.57. The Morgan fingerprint density at radius 3 is 2.33 bits per heavy atom. The molecule has 162 valence electrons. The van der Waals surface area contributed by atoms with E-state index in [9.17, 15) is 0 Å². The molecule has 0 saturated heterocycles. The molecule has 0 unspecified atom stereocenters. The van der Waals surface area contributed by atoms with Gasteiger partial charge in [0.2, 0.25) is 5.95 Å². The van der Waals surface area contributed by atoms with E-state index in [1.54, 1.807) is 13.4 Å². The molecule has 0 saturated carbocycles. The standard InChI is InChI=1S/C28H24N4O/c1-33-23-14-12-20(13-15-23)24-16-22(19-8-4-2-5-9-19)17-25-26(24)27(21-10-6-3-7-11-21)32-28(31-25)29-18-30-32/h2-15,17-18,24,27H,16H2,1H3,(H,29,30,31)/t24-,27+/m1/s1. The number of fused-ring (bicyclic) bond motifs is 1. The van der Waals surface area contributed by atoms with Crippen LogP contribution in [0.3, 0.4) is 0 Å². The molecule has 0 spiro atoms. The number of ether oxygens (including phenoxy) is 1. The molecule has 1 N–H and O–H groups in total. The Kier molecular flexibility index (Phi) is 4.80. The molecule has 2 atom stereocenters. The number of methoxy groups -OCH3 is 1. The van der Waals surface area contributed by atoms with Crippen LogP contribution < -0.4 is 10.1 Å². The van der Waals surface area contributed by atoms with E-state index < -0.39 is 0 Å². The SMILES string of the molecule is COc1ccc([C@H]2CC(c3ccccc3)=CC3=C2[C@H](c2ccccc2)n2ncnc2N3)cc1. The van der Waals surface area contributed by atoms with Crippen LogP contribution in [0.5, 0.6) is 5.75 Å². The average molecular weight is 433 g/mol. The fourth-order valence-electron chi connectivity index (χ4n) is 5.00. The van der Waals surface area contributed by atoms with Gasteiger partial charge in [-0.05, 0) is 52.5 Å². The van der Waals surface area contributed by atoms with Crippen LogP contribution in [-0.2, 0) is 0 Å². The average Bonchev–Trinajstić information content (AvgIpc) is 3.36. The molecule has 5 heteroatoms. The van der Waals surface area contributed by atoms with E-state index in [2.05, 4.69) is 94.3 Å². The highest BCUT2D eigenvalue weighted by Gasteiger charge is 2.37. The Morgan fingerprint density at radius 2 is 1.61 bits per heavy atom. The van der Waals surface area contributed by atoms with Crippen molar-refractivity contribution in [3.05, 3.63) is 125 Å². The first-order chi connectivity index (χ1) is 16.3. The molecule has 3 aromatic carbocycles. The Balaban J connectivity index is 1.56. The van der Waals surface area contributed by atoms with Gasteiger partial charge < -0.3 is 10.1 Å². The van der Waals surface area contributed by atoms with Gasteiger partial charge in [0.15, 0.2) is 0 Å². The summed E-state index contributed by atoms with van der Waals surface area (Å²) in [6.07, 6.45) is 4.82. The van der Waals surface area contributed by atoms with Gasteiger partial charge in [-0.2, -0.15) is 10.1 Å². The van der Waals surface area contributed by atoms with Crippen LogP contribution in [0.2, 0.25) is 0 Å². The number of nitrogens with zero attached hydrogens (tertiary/aromatic N) is 3. The monoisotopic (exact) mass is 432 g/mol. The van der Waals surface area contributed by atoms with E-state index in [0.29, 0.717) is 0 Å². The number of hydrogen-bond donors (Lipinski definition) is 1. The molecular formula is C28H24N4O. The number of allylic oxidation sites excluding steroid dienone is 3. The predicted octanol–water partition coefficient (Wildman–Crippen LogP) is 5.83. The summed E-state index contributed by atoms with van der Waals surface area (Å²) in [5.74, 6) is 1.81. The van der Waals surface area contributed by atoms with Crippen molar-refractivity contribution in [2.75, 3.05) is 12.4 Å². The minimum Gasteiger partial charge on any atom is -0.497 e. The highest BCUT2D eigenvalue weighted by atomic mass is 16.5. The molecule has 1 aliphatic heterocycles. The summed E-state index contributed by atoms with van der Waals surface area (Å²) in [5, 5.41) is 8.18. The van der Waals surface area contributed by atoms with Crippen LogP contribution in [0, 0.1) is 0 Å². The highest BCUT2D eigenvalue weighted by molar-refractivity contribution is 5.75. The van der Waals surface area contributed by atoms with Gasteiger partial charge in [0.05, 0.1) is 7.11 Å². The highest BCUT2D eigenvalue weighted by Crippen LogP contribution is 2.49. The Morgan fingerprint density at radius 1 is 0.879 bits per heavy atom. The molecule has 33 heavy (non-hydrogen) atoms. The summed E-state index contributed by atoms with van der Waals surface area (Å²) >= 11 is 0. The number of benzene rings is 3. The van der Waals surface area contributed by atoms with E-state index in [1.165, 1.54) is 27.8 Å². The lowest BCUT2D eigenvalue weighted by atomic mass is 9.74.